The molecule has 0 bridgehead atoms. The quantitative estimate of drug-likeness (QED) is 0.246. The lowest BCUT2D eigenvalue weighted by molar-refractivity contribution is 0.0938. The maximum Gasteiger partial charge on any atom is 0.296 e. The highest BCUT2D eigenvalue weighted by Crippen LogP contribution is 2.33. The van der Waals surface area contributed by atoms with Gasteiger partial charge in [-0.05, 0) is 69.0 Å². The van der Waals surface area contributed by atoms with Crippen LogP contribution in [0, 0.1) is 6.92 Å². The number of hydrogen-bond donors (Lipinski definition) is 1. The minimum absolute atomic E-state index is 0.0207. The Morgan fingerprint density at radius 2 is 1.94 bits per heavy atom. The van der Waals surface area contributed by atoms with Crippen molar-refractivity contribution in [3.05, 3.63) is 65.7 Å². The molecule has 2 aromatic carbocycles. The zero-order valence-corrected chi connectivity index (χ0v) is 22.1. The number of carbonyl (C=O) groups excluding carboxylic acids is 1. The number of carbonyl (C=O) groups is 1. The summed E-state index contributed by atoms with van der Waals surface area (Å²) in [6.45, 7) is 8.06. The van der Waals surface area contributed by atoms with Gasteiger partial charge in [0.05, 0.1) is 31.3 Å². The lowest BCUT2D eigenvalue weighted by Crippen LogP contribution is -2.40. The van der Waals surface area contributed by atoms with Gasteiger partial charge in [-0.25, -0.2) is 0 Å². The topological polar surface area (TPSA) is 94.2 Å². The second-order valence-corrected chi connectivity index (χ2v) is 10.5. The lowest BCUT2D eigenvalue weighted by Gasteiger charge is -2.23. The second kappa shape index (κ2) is 12.9. The standard InChI is InChI=1S/C27H36N2O6S/c1-5-14-29-15-6-9-22(29)19-28-27(30)24-17-21(18-25(33-3)26(24)34-4)8-7-16-35-36(31,32)23-12-10-20(2)11-13-23/h5,10-13,17-18,22H,1,6-9,14-16,19H2,2-4H3,(H,28,30). The molecule has 0 radical (unpaired) electrons. The van der Waals surface area contributed by atoms with Crippen molar-refractivity contribution in [2.45, 2.75) is 43.5 Å². The summed E-state index contributed by atoms with van der Waals surface area (Å²) in [4.78, 5) is 15.6. The van der Waals surface area contributed by atoms with Crippen LogP contribution in [0.1, 0.15) is 40.7 Å². The van der Waals surface area contributed by atoms with E-state index < -0.39 is 10.1 Å². The van der Waals surface area contributed by atoms with E-state index in [9.17, 15) is 13.2 Å². The van der Waals surface area contributed by atoms with Gasteiger partial charge in [0.1, 0.15) is 0 Å². The van der Waals surface area contributed by atoms with Crippen LogP contribution in [0.3, 0.4) is 0 Å². The Bertz CT molecular complexity index is 1150. The summed E-state index contributed by atoms with van der Waals surface area (Å²) in [7, 11) is -0.799. The first-order chi connectivity index (χ1) is 17.3. The number of nitrogens with zero attached hydrogens (tertiary/aromatic N) is 1. The van der Waals surface area contributed by atoms with E-state index in [1.165, 1.54) is 26.4 Å². The Morgan fingerprint density at radius 1 is 1.19 bits per heavy atom. The first-order valence-corrected chi connectivity index (χ1v) is 13.5. The summed E-state index contributed by atoms with van der Waals surface area (Å²) < 4.78 is 41.0. The molecule has 1 heterocycles. The molecule has 36 heavy (non-hydrogen) atoms. The molecule has 1 fully saturated rings. The molecule has 0 saturated carbocycles. The van der Waals surface area contributed by atoms with Crippen molar-refractivity contribution in [2.24, 2.45) is 0 Å². The smallest absolute Gasteiger partial charge is 0.296 e. The predicted octanol–water partition coefficient (Wildman–Crippen LogP) is 3.73. The summed E-state index contributed by atoms with van der Waals surface area (Å²) in [5.74, 6) is 0.574. The molecule has 9 heteroatoms. The summed E-state index contributed by atoms with van der Waals surface area (Å²) in [5.41, 5.74) is 2.18. The molecular formula is C27H36N2O6S. The Morgan fingerprint density at radius 3 is 2.61 bits per heavy atom. The first-order valence-electron chi connectivity index (χ1n) is 12.1. The molecule has 1 saturated heterocycles. The van der Waals surface area contributed by atoms with E-state index in [1.807, 2.05) is 13.0 Å². The fraction of sp³-hybridized carbons (Fsp3) is 0.444. The van der Waals surface area contributed by atoms with Gasteiger partial charge >= 0.3 is 0 Å². The van der Waals surface area contributed by atoms with E-state index in [1.54, 1.807) is 24.3 Å². The summed E-state index contributed by atoms with van der Waals surface area (Å²) in [6.07, 6.45) is 4.95. The van der Waals surface area contributed by atoms with Crippen LogP contribution in [0.15, 0.2) is 53.9 Å². The summed E-state index contributed by atoms with van der Waals surface area (Å²) >= 11 is 0. The van der Waals surface area contributed by atoms with Crippen LogP contribution in [-0.4, -0.2) is 65.7 Å². The first kappa shape index (κ1) is 27.7. The van der Waals surface area contributed by atoms with Crippen molar-refractivity contribution in [3.8, 4) is 11.5 Å². The molecule has 1 aliphatic heterocycles. The third-order valence-electron chi connectivity index (χ3n) is 6.30. The van der Waals surface area contributed by atoms with Crippen molar-refractivity contribution >= 4 is 16.0 Å². The number of ether oxygens (including phenoxy) is 2. The number of rotatable bonds is 13. The molecule has 8 nitrogen and oxygen atoms in total. The van der Waals surface area contributed by atoms with E-state index in [4.69, 9.17) is 13.7 Å². The second-order valence-electron chi connectivity index (χ2n) is 8.86. The highest BCUT2D eigenvalue weighted by atomic mass is 32.2. The van der Waals surface area contributed by atoms with Crippen molar-refractivity contribution in [2.75, 3.05) is 40.5 Å². The highest BCUT2D eigenvalue weighted by molar-refractivity contribution is 7.86. The number of nitrogens with one attached hydrogen (secondary N) is 1. The van der Waals surface area contributed by atoms with Gasteiger partial charge in [0.2, 0.25) is 0 Å². The van der Waals surface area contributed by atoms with Crippen LogP contribution in [-0.2, 0) is 20.7 Å². The van der Waals surface area contributed by atoms with Crippen molar-refractivity contribution in [1.29, 1.82) is 0 Å². The molecule has 1 atom stereocenters. The van der Waals surface area contributed by atoms with Crippen LogP contribution in [0.4, 0.5) is 0 Å². The molecule has 2 aromatic rings. The van der Waals surface area contributed by atoms with Crippen LogP contribution in [0.2, 0.25) is 0 Å². The molecule has 0 spiro atoms. The SMILES string of the molecule is C=CCN1CCCC1CNC(=O)c1cc(CCCOS(=O)(=O)c2ccc(C)cc2)cc(OC)c1OC. The molecular weight excluding hydrogens is 480 g/mol. The molecule has 196 valence electrons. The van der Waals surface area contributed by atoms with Crippen molar-refractivity contribution in [3.63, 3.8) is 0 Å². The molecule has 1 aliphatic rings. The zero-order valence-electron chi connectivity index (χ0n) is 21.3. The Balaban J connectivity index is 1.64. The fourth-order valence-electron chi connectivity index (χ4n) is 4.39. The maximum atomic E-state index is 13.1. The predicted molar refractivity (Wildman–Crippen MR) is 139 cm³/mol. The molecule has 1 amide bonds. The number of benzene rings is 2. The minimum atomic E-state index is -3.82. The number of methoxy groups -OCH3 is 2. The largest absolute Gasteiger partial charge is 0.493 e. The number of amides is 1. The summed E-state index contributed by atoms with van der Waals surface area (Å²) in [6, 6.07) is 10.4. The molecule has 1 unspecified atom stereocenters. The van der Waals surface area contributed by atoms with Gasteiger partial charge in [-0.3, -0.25) is 13.9 Å². The summed E-state index contributed by atoms with van der Waals surface area (Å²) in [5, 5.41) is 3.04. The van der Waals surface area contributed by atoms with Crippen molar-refractivity contribution in [1.82, 2.24) is 10.2 Å². The average Bonchev–Trinajstić information content (AvgIpc) is 3.32. The van der Waals surface area contributed by atoms with Gasteiger partial charge in [0, 0.05) is 19.1 Å². The molecule has 0 aliphatic carbocycles. The molecule has 1 N–H and O–H groups in total. The van der Waals surface area contributed by atoms with Gasteiger partial charge in [-0.1, -0.05) is 23.8 Å². The van der Waals surface area contributed by atoms with Crippen LogP contribution in [0.5, 0.6) is 11.5 Å². The average molecular weight is 517 g/mol. The normalized spacial score (nSPS) is 16.0. The number of aryl methyl sites for hydroxylation is 2. The van der Waals surface area contributed by atoms with Crippen LogP contribution < -0.4 is 14.8 Å². The van der Waals surface area contributed by atoms with E-state index in [2.05, 4.69) is 16.8 Å². The van der Waals surface area contributed by atoms with Gasteiger partial charge in [-0.15, -0.1) is 6.58 Å². The molecule has 3 rings (SSSR count). The Labute approximate surface area is 214 Å². The van der Waals surface area contributed by atoms with Gasteiger partial charge in [0.15, 0.2) is 11.5 Å². The third-order valence-corrected chi connectivity index (χ3v) is 7.63. The lowest BCUT2D eigenvalue weighted by atomic mass is 10.0. The highest BCUT2D eigenvalue weighted by Gasteiger charge is 2.25. The van der Waals surface area contributed by atoms with Crippen LogP contribution in [0.25, 0.3) is 0 Å². The number of hydrogen-bond acceptors (Lipinski definition) is 7. The minimum Gasteiger partial charge on any atom is -0.493 e. The Kier molecular flexibility index (Phi) is 9.92. The number of likely N-dealkylation sites (tertiary alicyclic amines) is 1. The van der Waals surface area contributed by atoms with E-state index in [0.717, 1.165) is 37.1 Å². The monoisotopic (exact) mass is 516 g/mol. The van der Waals surface area contributed by atoms with Gasteiger partial charge < -0.3 is 14.8 Å². The molecule has 0 aromatic heterocycles. The van der Waals surface area contributed by atoms with Gasteiger partial charge in [-0.2, -0.15) is 8.42 Å². The van der Waals surface area contributed by atoms with E-state index in [0.29, 0.717) is 36.4 Å². The fourth-order valence-corrected chi connectivity index (χ4v) is 5.33. The van der Waals surface area contributed by atoms with Crippen molar-refractivity contribution < 1.29 is 26.9 Å². The Hall–Kier alpha value is -2.88. The third kappa shape index (κ3) is 7.09. The maximum absolute atomic E-state index is 13.1. The van der Waals surface area contributed by atoms with Gasteiger partial charge in [0.25, 0.3) is 16.0 Å². The van der Waals surface area contributed by atoms with Crippen LogP contribution >= 0.6 is 0 Å². The zero-order chi connectivity index (χ0) is 26.1. The van der Waals surface area contributed by atoms with E-state index in [-0.39, 0.29) is 23.5 Å². The van der Waals surface area contributed by atoms with E-state index >= 15 is 0 Å².